The molecule has 3 aromatic rings. The molecule has 3 rings (SSSR count). The second-order valence-electron chi connectivity index (χ2n) is 6.71. The van der Waals surface area contributed by atoms with Gasteiger partial charge in [-0.2, -0.15) is 0 Å². The van der Waals surface area contributed by atoms with Gasteiger partial charge in [-0.1, -0.05) is 30.3 Å². The van der Waals surface area contributed by atoms with Gasteiger partial charge in [0.25, 0.3) is 15.9 Å². The molecule has 0 bridgehead atoms. The molecule has 0 aromatic heterocycles. The van der Waals surface area contributed by atoms with Gasteiger partial charge in [0.2, 0.25) is 0 Å². The highest BCUT2D eigenvalue weighted by Crippen LogP contribution is 2.21. The number of ether oxygens (including phenoxy) is 1. The molecule has 0 radical (unpaired) electrons. The van der Waals surface area contributed by atoms with E-state index in [2.05, 4.69) is 10.0 Å². The fourth-order valence-electron chi connectivity index (χ4n) is 2.92. The number of benzene rings is 3. The lowest BCUT2D eigenvalue weighted by Crippen LogP contribution is -2.23. The third kappa shape index (κ3) is 5.39. The minimum Gasteiger partial charge on any atom is -0.494 e. The number of hydrogen-bond donors (Lipinski definition) is 2. The number of carbonyl (C=O) groups is 1. The van der Waals surface area contributed by atoms with Crippen molar-refractivity contribution in [3.8, 4) is 5.75 Å². The van der Waals surface area contributed by atoms with Crippen LogP contribution in [0.15, 0.2) is 77.7 Å². The molecule has 0 spiro atoms. The van der Waals surface area contributed by atoms with Gasteiger partial charge in [-0.3, -0.25) is 9.52 Å². The predicted octanol–water partition coefficient (Wildman–Crippen LogP) is 4.12. The summed E-state index contributed by atoms with van der Waals surface area (Å²) in [6.07, 6.45) is 0. The van der Waals surface area contributed by atoms with Gasteiger partial charge in [-0.15, -0.1) is 0 Å². The lowest BCUT2D eigenvalue weighted by atomic mass is 10.1. The Balaban J connectivity index is 1.67. The summed E-state index contributed by atoms with van der Waals surface area (Å²) in [7, 11) is -3.69. The van der Waals surface area contributed by atoms with E-state index in [0.29, 0.717) is 30.0 Å². The second-order valence-corrected chi connectivity index (χ2v) is 8.39. The number of carbonyl (C=O) groups excluding carboxylic acids is 1. The average molecular weight is 425 g/mol. The quantitative estimate of drug-likeness (QED) is 0.570. The Kier molecular flexibility index (Phi) is 6.74. The summed E-state index contributed by atoms with van der Waals surface area (Å²) < 4.78 is 33.1. The first-order valence-corrected chi connectivity index (χ1v) is 11.1. The van der Waals surface area contributed by atoms with Gasteiger partial charge in [-0.05, 0) is 67.4 Å². The van der Waals surface area contributed by atoms with Crippen molar-refractivity contribution in [2.75, 3.05) is 11.3 Å². The highest BCUT2D eigenvalue weighted by atomic mass is 32.2. The van der Waals surface area contributed by atoms with Gasteiger partial charge in [-0.25, -0.2) is 8.42 Å². The van der Waals surface area contributed by atoms with Crippen molar-refractivity contribution in [2.45, 2.75) is 25.3 Å². The van der Waals surface area contributed by atoms with Gasteiger partial charge in [0.1, 0.15) is 5.75 Å². The van der Waals surface area contributed by atoms with E-state index < -0.39 is 10.0 Å². The molecule has 156 valence electrons. The highest BCUT2D eigenvalue weighted by molar-refractivity contribution is 7.92. The lowest BCUT2D eigenvalue weighted by molar-refractivity contribution is 0.0950. The first-order valence-electron chi connectivity index (χ1n) is 9.57. The van der Waals surface area contributed by atoms with Gasteiger partial charge in [0.05, 0.1) is 17.2 Å². The third-order valence-corrected chi connectivity index (χ3v) is 5.83. The number of aryl methyl sites for hydroxylation is 1. The van der Waals surface area contributed by atoms with Crippen LogP contribution in [0.25, 0.3) is 0 Å². The van der Waals surface area contributed by atoms with E-state index in [1.165, 1.54) is 12.1 Å². The predicted molar refractivity (Wildman–Crippen MR) is 117 cm³/mol. The summed E-state index contributed by atoms with van der Waals surface area (Å²) >= 11 is 0. The number of rotatable bonds is 8. The van der Waals surface area contributed by atoms with Crippen molar-refractivity contribution in [3.05, 3.63) is 89.5 Å². The van der Waals surface area contributed by atoms with Crippen LogP contribution in [-0.2, 0) is 16.6 Å². The number of amides is 1. The molecule has 0 fully saturated rings. The Labute approximate surface area is 177 Å². The molecule has 3 aromatic carbocycles. The first kappa shape index (κ1) is 21.4. The zero-order valence-electron chi connectivity index (χ0n) is 16.9. The Hall–Kier alpha value is -3.32. The molecule has 0 aliphatic rings. The standard InChI is InChI=1S/C23H24N2O4S/c1-3-29-20-9-7-8-18(15-20)16-24-23(26)19-12-13-22(17(2)14-19)25-30(27,28)21-10-5-4-6-11-21/h4-15,25H,3,16H2,1-2H3,(H,24,26). The van der Waals surface area contributed by atoms with Crippen LogP contribution in [0.5, 0.6) is 5.75 Å². The molecule has 0 saturated carbocycles. The summed E-state index contributed by atoms with van der Waals surface area (Å²) in [6, 6.07) is 20.5. The van der Waals surface area contributed by atoms with Crippen molar-refractivity contribution in [1.82, 2.24) is 5.32 Å². The van der Waals surface area contributed by atoms with Gasteiger partial charge in [0.15, 0.2) is 0 Å². The van der Waals surface area contributed by atoms with E-state index in [1.807, 2.05) is 31.2 Å². The van der Waals surface area contributed by atoms with Gasteiger partial charge in [0, 0.05) is 12.1 Å². The van der Waals surface area contributed by atoms with E-state index in [-0.39, 0.29) is 10.8 Å². The summed E-state index contributed by atoms with van der Waals surface area (Å²) in [4.78, 5) is 12.7. The number of hydrogen-bond acceptors (Lipinski definition) is 4. The fraction of sp³-hybridized carbons (Fsp3) is 0.174. The zero-order chi connectivity index (χ0) is 21.6. The van der Waals surface area contributed by atoms with Crippen molar-refractivity contribution >= 4 is 21.6 Å². The largest absolute Gasteiger partial charge is 0.494 e. The molecular formula is C23H24N2O4S. The SMILES string of the molecule is CCOc1cccc(CNC(=O)c2ccc(NS(=O)(=O)c3ccccc3)c(C)c2)c1. The summed E-state index contributed by atoms with van der Waals surface area (Å²) in [5, 5.41) is 2.87. The van der Waals surface area contributed by atoms with Crippen LogP contribution >= 0.6 is 0 Å². The molecule has 0 unspecified atom stereocenters. The summed E-state index contributed by atoms with van der Waals surface area (Å²) in [5.41, 5.74) is 2.47. The Morgan fingerprint density at radius 2 is 1.73 bits per heavy atom. The highest BCUT2D eigenvalue weighted by Gasteiger charge is 2.15. The van der Waals surface area contributed by atoms with Crippen LogP contribution < -0.4 is 14.8 Å². The van der Waals surface area contributed by atoms with Crippen LogP contribution in [-0.4, -0.2) is 20.9 Å². The molecule has 7 heteroatoms. The zero-order valence-corrected chi connectivity index (χ0v) is 17.7. The minimum absolute atomic E-state index is 0.181. The summed E-state index contributed by atoms with van der Waals surface area (Å²) in [5.74, 6) is 0.521. The van der Waals surface area contributed by atoms with Crippen LogP contribution in [0.2, 0.25) is 0 Å². The average Bonchev–Trinajstić information content (AvgIpc) is 2.74. The monoisotopic (exact) mass is 424 g/mol. The van der Waals surface area contributed by atoms with E-state index in [9.17, 15) is 13.2 Å². The van der Waals surface area contributed by atoms with Crippen LogP contribution in [0, 0.1) is 6.92 Å². The first-order chi connectivity index (χ1) is 14.4. The Morgan fingerprint density at radius 1 is 0.967 bits per heavy atom. The van der Waals surface area contributed by atoms with E-state index in [1.54, 1.807) is 43.3 Å². The second kappa shape index (κ2) is 9.45. The molecule has 0 aliphatic heterocycles. The maximum atomic E-state index is 12.5. The Morgan fingerprint density at radius 3 is 2.43 bits per heavy atom. The molecule has 1 amide bonds. The van der Waals surface area contributed by atoms with Gasteiger partial charge < -0.3 is 10.1 Å². The van der Waals surface area contributed by atoms with E-state index >= 15 is 0 Å². The molecule has 6 nitrogen and oxygen atoms in total. The van der Waals surface area contributed by atoms with E-state index in [4.69, 9.17) is 4.74 Å². The molecule has 2 N–H and O–H groups in total. The van der Waals surface area contributed by atoms with Gasteiger partial charge >= 0.3 is 0 Å². The molecule has 0 saturated heterocycles. The van der Waals surface area contributed by atoms with Crippen molar-refractivity contribution in [1.29, 1.82) is 0 Å². The van der Waals surface area contributed by atoms with Crippen molar-refractivity contribution in [2.24, 2.45) is 0 Å². The maximum Gasteiger partial charge on any atom is 0.261 e. The topological polar surface area (TPSA) is 84.5 Å². The Bertz CT molecular complexity index is 1130. The minimum atomic E-state index is -3.69. The fourth-order valence-corrected chi connectivity index (χ4v) is 4.07. The molecule has 0 heterocycles. The molecule has 0 aliphatic carbocycles. The van der Waals surface area contributed by atoms with Crippen molar-refractivity contribution in [3.63, 3.8) is 0 Å². The van der Waals surface area contributed by atoms with Crippen LogP contribution in [0.4, 0.5) is 5.69 Å². The van der Waals surface area contributed by atoms with Crippen LogP contribution in [0.1, 0.15) is 28.4 Å². The lowest BCUT2D eigenvalue weighted by Gasteiger charge is -2.12. The van der Waals surface area contributed by atoms with E-state index in [0.717, 1.165) is 11.3 Å². The molecular weight excluding hydrogens is 400 g/mol. The summed E-state index contributed by atoms with van der Waals surface area (Å²) in [6.45, 7) is 4.61. The number of sulfonamides is 1. The normalized spacial score (nSPS) is 11.0. The third-order valence-electron chi connectivity index (χ3n) is 4.45. The molecule has 30 heavy (non-hydrogen) atoms. The number of anilines is 1. The maximum absolute atomic E-state index is 12.5. The van der Waals surface area contributed by atoms with Crippen molar-refractivity contribution < 1.29 is 17.9 Å². The number of nitrogens with one attached hydrogen (secondary N) is 2. The molecule has 0 atom stereocenters. The smallest absolute Gasteiger partial charge is 0.261 e. The van der Waals surface area contributed by atoms with Crippen LogP contribution in [0.3, 0.4) is 0 Å².